The Morgan fingerprint density at radius 2 is 1.70 bits per heavy atom. The van der Waals surface area contributed by atoms with Gasteiger partial charge in [-0.1, -0.05) is 0 Å². The standard InChI is InChI=1S/C15H17Cl2NO5/c1-14(8-15(14,16)17)13(20)23-7-12(19)18-9-4-10(21-2)6-11(5-9)22-3/h4-6H,7-8H2,1-3H3,(H,18,19)/t14-/m1/s1. The topological polar surface area (TPSA) is 73.9 Å². The summed E-state index contributed by atoms with van der Waals surface area (Å²) in [5.41, 5.74) is -0.501. The van der Waals surface area contributed by atoms with Crippen molar-refractivity contribution in [3.63, 3.8) is 0 Å². The van der Waals surface area contributed by atoms with Gasteiger partial charge in [-0.05, 0) is 6.92 Å². The molecule has 0 bridgehead atoms. The summed E-state index contributed by atoms with van der Waals surface area (Å²) in [6.07, 6.45) is 0.302. The molecule has 1 aromatic carbocycles. The number of carbonyl (C=O) groups is 2. The van der Waals surface area contributed by atoms with Gasteiger partial charge in [-0.2, -0.15) is 0 Å². The lowest BCUT2D eigenvalue weighted by atomic mass is 10.1. The average Bonchev–Trinajstić information content (AvgIpc) is 3.04. The number of hydrogen-bond acceptors (Lipinski definition) is 5. The lowest BCUT2D eigenvalue weighted by Crippen LogP contribution is -2.26. The van der Waals surface area contributed by atoms with Crippen molar-refractivity contribution in [1.29, 1.82) is 0 Å². The zero-order chi connectivity index (χ0) is 17.3. The van der Waals surface area contributed by atoms with Crippen LogP contribution < -0.4 is 14.8 Å². The maximum Gasteiger partial charge on any atom is 0.315 e. The fourth-order valence-corrected chi connectivity index (χ4v) is 2.68. The third-order valence-corrected chi connectivity index (χ3v) is 4.78. The largest absolute Gasteiger partial charge is 0.497 e. The second-order valence-electron chi connectivity index (χ2n) is 5.44. The van der Waals surface area contributed by atoms with E-state index in [4.69, 9.17) is 37.4 Å². The molecular weight excluding hydrogens is 345 g/mol. The molecule has 2 rings (SSSR count). The van der Waals surface area contributed by atoms with E-state index in [2.05, 4.69) is 5.32 Å². The van der Waals surface area contributed by atoms with Gasteiger partial charge in [0.15, 0.2) is 6.61 Å². The highest BCUT2D eigenvalue weighted by molar-refractivity contribution is 6.53. The number of nitrogens with one attached hydrogen (secondary N) is 1. The predicted molar refractivity (Wildman–Crippen MR) is 86.3 cm³/mol. The van der Waals surface area contributed by atoms with Gasteiger partial charge >= 0.3 is 5.97 Å². The lowest BCUT2D eigenvalue weighted by molar-refractivity contribution is -0.152. The van der Waals surface area contributed by atoms with E-state index in [-0.39, 0.29) is 0 Å². The smallest absolute Gasteiger partial charge is 0.315 e. The zero-order valence-electron chi connectivity index (χ0n) is 12.9. The Bertz CT molecular complexity index is 612. The zero-order valence-corrected chi connectivity index (χ0v) is 14.5. The van der Waals surface area contributed by atoms with Crippen molar-refractivity contribution in [1.82, 2.24) is 0 Å². The molecule has 1 fully saturated rings. The fraction of sp³-hybridized carbons (Fsp3) is 0.467. The summed E-state index contributed by atoms with van der Waals surface area (Å²) in [5, 5.41) is 2.60. The molecule has 0 aliphatic heterocycles. The SMILES string of the molecule is COc1cc(NC(=O)COC(=O)[C@@]2(C)CC2(Cl)Cl)cc(OC)c1. The van der Waals surface area contributed by atoms with Gasteiger partial charge in [-0.25, -0.2) is 0 Å². The highest BCUT2D eigenvalue weighted by atomic mass is 35.5. The molecule has 1 amide bonds. The van der Waals surface area contributed by atoms with Crippen LogP contribution in [0.3, 0.4) is 0 Å². The minimum Gasteiger partial charge on any atom is -0.497 e. The minimum absolute atomic E-state index is 0.302. The summed E-state index contributed by atoms with van der Waals surface area (Å²) < 4.78 is 14.1. The molecule has 126 valence electrons. The summed E-state index contributed by atoms with van der Waals surface area (Å²) in [4.78, 5) is 23.8. The van der Waals surface area contributed by atoms with E-state index in [1.165, 1.54) is 14.2 Å². The van der Waals surface area contributed by atoms with Crippen LogP contribution in [0, 0.1) is 5.41 Å². The van der Waals surface area contributed by atoms with Crippen LogP contribution in [0.2, 0.25) is 0 Å². The number of halogens is 2. The first kappa shape index (κ1) is 17.7. The number of anilines is 1. The first-order chi connectivity index (χ1) is 10.7. The van der Waals surface area contributed by atoms with E-state index < -0.39 is 28.2 Å². The van der Waals surface area contributed by atoms with Crippen LogP contribution in [0.4, 0.5) is 5.69 Å². The van der Waals surface area contributed by atoms with Gasteiger partial charge in [-0.15, -0.1) is 23.2 Å². The van der Waals surface area contributed by atoms with Crippen molar-refractivity contribution >= 4 is 40.8 Å². The highest BCUT2D eigenvalue weighted by Crippen LogP contribution is 2.64. The average molecular weight is 362 g/mol. The third kappa shape index (κ3) is 3.82. The monoisotopic (exact) mass is 361 g/mol. The molecular formula is C15H17Cl2NO5. The van der Waals surface area contributed by atoms with Crippen molar-refractivity contribution in [3.8, 4) is 11.5 Å². The number of amides is 1. The minimum atomic E-state index is -1.12. The van der Waals surface area contributed by atoms with Crippen LogP contribution in [0.1, 0.15) is 13.3 Å². The number of ether oxygens (including phenoxy) is 3. The molecule has 23 heavy (non-hydrogen) atoms. The maximum atomic E-state index is 11.9. The molecule has 0 aromatic heterocycles. The number of benzene rings is 1. The number of rotatable bonds is 6. The summed E-state index contributed by atoms with van der Waals surface area (Å²) in [7, 11) is 3.01. The van der Waals surface area contributed by atoms with Crippen LogP contribution in [-0.4, -0.2) is 37.0 Å². The second-order valence-corrected chi connectivity index (χ2v) is 6.92. The third-order valence-electron chi connectivity index (χ3n) is 3.68. The normalized spacial score (nSPS) is 21.3. The highest BCUT2D eigenvalue weighted by Gasteiger charge is 2.69. The Kier molecular flexibility index (Phi) is 4.96. The first-order valence-electron chi connectivity index (χ1n) is 6.80. The summed E-state index contributed by atoms with van der Waals surface area (Å²) in [6.45, 7) is 1.16. The van der Waals surface area contributed by atoms with Crippen LogP contribution >= 0.6 is 23.2 Å². The van der Waals surface area contributed by atoms with Gasteiger partial charge in [0.2, 0.25) is 0 Å². The van der Waals surface area contributed by atoms with Crippen molar-refractivity contribution in [2.45, 2.75) is 17.7 Å². The second kappa shape index (κ2) is 6.45. The fourth-order valence-electron chi connectivity index (χ4n) is 1.99. The van der Waals surface area contributed by atoms with Crippen LogP contribution in [0.15, 0.2) is 18.2 Å². The maximum absolute atomic E-state index is 11.9. The molecule has 0 heterocycles. The molecule has 1 saturated carbocycles. The number of carbonyl (C=O) groups excluding carboxylic acids is 2. The number of methoxy groups -OCH3 is 2. The van der Waals surface area contributed by atoms with Gasteiger partial charge in [0.1, 0.15) is 21.2 Å². The van der Waals surface area contributed by atoms with E-state index in [0.29, 0.717) is 23.6 Å². The Labute approximate surface area is 144 Å². The summed E-state index contributed by atoms with van der Waals surface area (Å²) in [5.74, 6) is -0.0408. The molecule has 6 nitrogen and oxygen atoms in total. The van der Waals surface area contributed by atoms with Crippen molar-refractivity contribution in [2.75, 3.05) is 26.1 Å². The van der Waals surface area contributed by atoms with E-state index in [1.54, 1.807) is 25.1 Å². The Morgan fingerprint density at radius 3 is 2.13 bits per heavy atom. The molecule has 1 aromatic rings. The Morgan fingerprint density at radius 1 is 1.17 bits per heavy atom. The van der Waals surface area contributed by atoms with E-state index in [0.717, 1.165) is 0 Å². The summed E-state index contributed by atoms with van der Waals surface area (Å²) >= 11 is 11.8. The molecule has 0 unspecified atom stereocenters. The van der Waals surface area contributed by atoms with Crippen LogP contribution in [0.5, 0.6) is 11.5 Å². The molecule has 1 aliphatic carbocycles. The number of esters is 1. The van der Waals surface area contributed by atoms with Crippen LogP contribution in [0.25, 0.3) is 0 Å². The molecule has 1 N–H and O–H groups in total. The quantitative estimate of drug-likeness (QED) is 0.622. The Hall–Kier alpha value is -1.66. The van der Waals surface area contributed by atoms with Crippen molar-refractivity contribution in [2.24, 2.45) is 5.41 Å². The van der Waals surface area contributed by atoms with Gasteiger partial charge in [0.05, 0.1) is 14.2 Å². The first-order valence-corrected chi connectivity index (χ1v) is 7.55. The molecule has 0 radical (unpaired) electrons. The molecule has 8 heteroatoms. The number of alkyl halides is 2. The predicted octanol–water partition coefficient (Wildman–Crippen LogP) is 2.77. The van der Waals surface area contributed by atoms with Crippen molar-refractivity contribution in [3.05, 3.63) is 18.2 Å². The van der Waals surface area contributed by atoms with E-state index >= 15 is 0 Å². The Balaban J connectivity index is 1.92. The molecule has 1 aliphatic rings. The van der Waals surface area contributed by atoms with Gasteiger partial charge in [0, 0.05) is 30.3 Å². The van der Waals surface area contributed by atoms with Gasteiger partial charge in [0.25, 0.3) is 5.91 Å². The lowest BCUT2D eigenvalue weighted by Gasteiger charge is -2.12. The van der Waals surface area contributed by atoms with Crippen LogP contribution in [-0.2, 0) is 14.3 Å². The van der Waals surface area contributed by atoms with E-state index in [9.17, 15) is 9.59 Å². The van der Waals surface area contributed by atoms with E-state index in [1.807, 2.05) is 0 Å². The summed E-state index contributed by atoms with van der Waals surface area (Å²) in [6, 6.07) is 4.91. The van der Waals surface area contributed by atoms with Gasteiger partial charge < -0.3 is 19.5 Å². The number of hydrogen-bond donors (Lipinski definition) is 1. The molecule has 0 saturated heterocycles. The molecule has 1 atom stereocenters. The van der Waals surface area contributed by atoms with Gasteiger partial charge in [-0.3, -0.25) is 9.59 Å². The van der Waals surface area contributed by atoms with Crippen molar-refractivity contribution < 1.29 is 23.8 Å². The molecule has 0 spiro atoms.